The van der Waals surface area contributed by atoms with Gasteiger partial charge in [-0.15, -0.1) is 0 Å². The molecule has 1 fully saturated rings. The lowest BCUT2D eigenvalue weighted by Crippen LogP contribution is -2.52. The number of rotatable bonds is 21. The second kappa shape index (κ2) is 25.5. The minimum Gasteiger partial charge on any atom is -0.444 e. The number of fused-ring (bicyclic) bond motifs is 8. The van der Waals surface area contributed by atoms with Gasteiger partial charge in [0.05, 0.1) is 85.2 Å². The molecule has 21 nitrogen and oxygen atoms in total. The van der Waals surface area contributed by atoms with Crippen LogP contribution in [0.2, 0.25) is 0 Å². The number of hydrogen-bond acceptors (Lipinski definition) is 14. The monoisotopic (exact) mass is 1080 g/mol. The van der Waals surface area contributed by atoms with Crippen molar-refractivity contribution < 1.29 is 52.8 Å². The van der Waals surface area contributed by atoms with E-state index in [9.17, 15) is 29.1 Å². The van der Waals surface area contributed by atoms with Crippen LogP contribution in [0.15, 0.2) is 18.2 Å². The summed E-state index contributed by atoms with van der Waals surface area (Å²) in [6.07, 6.45) is 0.0275. The van der Waals surface area contributed by atoms with Crippen LogP contribution in [-0.4, -0.2) is 185 Å². The maximum absolute atomic E-state index is 15.2. The second-order valence-electron chi connectivity index (χ2n) is 21.7. The number of hydrogen-bond donors (Lipinski definition) is 6. The van der Waals surface area contributed by atoms with E-state index in [4.69, 9.17) is 28.9 Å². The van der Waals surface area contributed by atoms with Crippen LogP contribution in [0, 0.1) is 6.92 Å². The Bertz CT molecular complexity index is 2910. The fourth-order valence-corrected chi connectivity index (χ4v) is 10.5. The summed E-state index contributed by atoms with van der Waals surface area (Å²) in [5.41, 5.74) is 9.86. The molecule has 1 saturated heterocycles. The molecule has 6 N–H and O–H groups in total. The first-order valence-corrected chi connectivity index (χ1v) is 27.3. The van der Waals surface area contributed by atoms with Crippen LogP contribution in [0.3, 0.4) is 0 Å². The number of aromatic amines is 2. The standard InChI is InChI=1S/C57H80N10O11/c1-13-38-31(2)40-30-45-47(37(8)77-27-26-75-23-16-58-52(70)35(6)59-53(71)36(7)60-56(74)78-57(9,10)11)33(4)42(62-45)28-41-32(3)39(14-15-46(69)65(12)19-22-68)50(63-41)49-51-48(34(5)43(64-51)29-44(38)61-40)54(72)67(55(49)73)18-17-66-20-24-76-25-21-66/h28-30,32,35-37,39,63-64,68H,13-27H2,1-12H3,(H,58,70)(H,59,71)(H,60,74)/t32-,35-,36-,37?,39-/m0/s1. The highest BCUT2D eigenvalue weighted by Crippen LogP contribution is 2.45. The van der Waals surface area contributed by atoms with Gasteiger partial charge in [-0.3, -0.25) is 33.8 Å². The minimum atomic E-state index is -0.927. The van der Waals surface area contributed by atoms with Gasteiger partial charge in [-0.2, -0.15) is 0 Å². The van der Waals surface area contributed by atoms with Crippen molar-refractivity contribution in [1.29, 1.82) is 0 Å². The maximum Gasteiger partial charge on any atom is 0.408 e. The molecule has 0 radical (unpaired) electrons. The van der Waals surface area contributed by atoms with Crippen molar-refractivity contribution in [3.05, 3.63) is 69.1 Å². The molecular formula is C57H80N10O11. The van der Waals surface area contributed by atoms with Crippen molar-refractivity contribution in [2.24, 2.45) is 0 Å². The number of aliphatic hydroxyl groups excluding tert-OH is 1. The topological polar surface area (TPSA) is 263 Å². The maximum atomic E-state index is 15.2. The van der Waals surface area contributed by atoms with Crippen LogP contribution < -0.4 is 16.0 Å². The number of allylic oxidation sites excluding steroid dienone is 3. The van der Waals surface area contributed by atoms with Gasteiger partial charge < -0.3 is 54.9 Å². The van der Waals surface area contributed by atoms with E-state index in [1.807, 2.05) is 45.9 Å². The molecule has 6 amide bonds. The number of ether oxygens (including phenoxy) is 4. The first-order valence-electron chi connectivity index (χ1n) is 27.3. The van der Waals surface area contributed by atoms with Crippen LogP contribution in [0.1, 0.15) is 161 Å². The highest BCUT2D eigenvalue weighted by Gasteiger charge is 2.41. The molecule has 2 aromatic heterocycles. The molecule has 424 valence electrons. The number of carbonyl (C=O) groups is 6. The van der Waals surface area contributed by atoms with Crippen molar-refractivity contribution >= 4 is 69.0 Å². The van der Waals surface area contributed by atoms with Gasteiger partial charge in [-0.05, 0) is 116 Å². The third-order valence-electron chi connectivity index (χ3n) is 15.1. The number of aryl methyl sites for hydroxylation is 1. The Hall–Kier alpha value is -6.52. The third kappa shape index (κ3) is 13.5. The number of nitrogens with zero attached hydrogens (tertiary/aromatic N) is 5. The normalized spacial score (nSPS) is 18.4. The lowest BCUT2D eigenvalue weighted by atomic mass is 9.84. The average molecular weight is 1080 g/mol. The van der Waals surface area contributed by atoms with Crippen LogP contribution in [0.25, 0.3) is 33.3 Å². The number of imide groups is 1. The molecule has 0 aliphatic carbocycles. The molecule has 0 saturated carbocycles. The van der Waals surface area contributed by atoms with E-state index in [0.29, 0.717) is 90.5 Å². The molecule has 5 atom stereocenters. The van der Waals surface area contributed by atoms with E-state index >= 15 is 4.79 Å². The summed E-state index contributed by atoms with van der Waals surface area (Å²) in [4.78, 5) is 104. The van der Waals surface area contributed by atoms with Crippen LogP contribution in [0.5, 0.6) is 0 Å². The number of aromatic nitrogens is 4. The van der Waals surface area contributed by atoms with E-state index in [2.05, 4.69) is 44.7 Å². The van der Waals surface area contributed by atoms with Crippen molar-refractivity contribution in [1.82, 2.24) is 50.6 Å². The Morgan fingerprint density at radius 3 is 2.24 bits per heavy atom. The Labute approximate surface area is 457 Å². The predicted octanol–water partition coefficient (Wildman–Crippen LogP) is 5.62. The number of morpholine rings is 1. The number of amides is 6. The van der Waals surface area contributed by atoms with Gasteiger partial charge in [0.2, 0.25) is 17.7 Å². The van der Waals surface area contributed by atoms with Gasteiger partial charge in [0.25, 0.3) is 11.8 Å². The molecule has 21 heteroatoms. The number of aliphatic hydroxyl groups is 1. The quantitative estimate of drug-likeness (QED) is 0.0655. The highest BCUT2D eigenvalue weighted by atomic mass is 16.6. The summed E-state index contributed by atoms with van der Waals surface area (Å²) in [5.74, 6) is -2.46. The zero-order valence-corrected chi connectivity index (χ0v) is 47.5. The van der Waals surface area contributed by atoms with Crippen LogP contribution >= 0.6 is 0 Å². The largest absolute Gasteiger partial charge is 0.444 e. The molecule has 7 heterocycles. The Balaban J connectivity index is 1.17. The van der Waals surface area contributed by atoms with E-state index in [0.717, 1.165) is 39.4 Å². The molecule has 8 bridgehead atoms. The fraction of sp³-hybridized carbons (Fsp3) is 0.579. The summed E-state index contributed by atoms with van der Waals surface area (Å²) < 4.78 is 23.1. The van der Waals surface area contributed by atoms with Gasteiger partial charge in [0, 0.05) is 87.1 Å². The molecule has 7 rings (SSSR count). The minimum absolute atomic E-state index is 0.134. The zero-order chi connectivity index (χ0) is 56.7. The molecule has 5 aliphatic rings. The molecule has 0 aromatic carbocycles. The number of H-pyrrole nitrogens is 2. The Kier molecular flexibility index (Phi) is 19.3. The third-order valence-corrected chi connectivity index (χ3v) is 15.1. The highest BCUT2D eigenvalue weighted by molar-refractivity contribution is 6.23. The number of carbonyl (C=O) groups excluding carboxylic acids is 6. The zero-order valence-electron chi connectivity index (χ0n) is 47.5. The molecule has 0 spiro atoms. The predicted molar refractivity (Wildman–Crippen MR) is 296 cm³/mol. The van der Waals surface area contributed by atoms with Crippen molar-refractivity contribution in [3.63, 3.8) is 0 Å². The Morgan fingerprint density at radius 2 is 1.55 bits per heavy atom. The lowest BCUT2D eigenvalue weighted by molar-refractivity contribution is -0.130. The number of nitrogens with one attached hydrogen (secondary N) is 5. The van der Waals surface area contributed by atoms with Gasteiger partial charge in [0.1, 0.15) is 17.7 Å². The molecule has 78 heavy (non-hydrogen) atoms. The summed E-state index contributed by atoms with van der Waals surface area (Å²) in [6.45, 7) is 24.3. The van der Waals surface area contributed by atoms with Gasteiger partial charge in [-0.25, -0.2) is 14.8 Å². The second-order valence-corrected chi connectivity index (χ2v) is 21.7. The molecule has 5 aliphatic heterocycles. The summed E-state index contributed by atoms with van der Waals surface area (Å²) in [7, 11) is 1.67. The smallest absolute Gasteiger partial charge is 0.408 e. The van der Waals surface area contributed by atoms with E-state index in [1.54, 1.807) is 34.7 Å². The van der Waals surface area contributed by atoms with E-state index < -0.39 is 47.6 Å². The first kappa shape index (κ1) is 59.1. The van der Waals surface area contributed by atoms with E-state index in [-0.39, 0.29) is 76.1 Å². The SMILES string of the molecule is CCC1=C(C)c2cc3nc(cc4[nH]c(c5c6[nH]c(cc1n2)c(C)c6C(=O)N(CCN1CCOCC1)C5=O)[C@@H](CCC(=O)N(C)CCO)[C@@H]4C)C(C)=C3C(C)OCCOCCNC(=O)[C@H](C)NC(=O)[C@H](C)NC(=O)OC(C)(C)C. The number of likely N-dealkylation sites (N-methyl/N-ethyl adjacent to an activating group) is 1. The lowest BCUT2D eigenvalue weighted by Gasteiger charge is -2.31. The molecule has 1 unspecified atom stereocenters. The van der Waals surface area contributed by atoms with Crippen LogP contribution in [0.4, 0.5) is 4.79 Å². The van der Waals surface area contributed by atoms with Crippen molar-refractivity contribution in [2.45, 2.75) is 131 Å². The number of alkyl carbamates (subject to hydrolysis) is 1. The van der Waals surface area contributed by atoms with Gasteiger partial charge in [-0.1, -0.05) is 13.8 Å². The fourth-order valence-electron chi connectivity index (χ4n) is 10.5. The molecule has 2 aromatic rings. The summed E-state index contributed by atoms with van der Waals surface area (Å²) in [5, 5.41) is 17.5. The Morgan fingerprint density at radius 1 is 0.872 bits per heavy atom. The van der Waals surface area contributed by atoms with Gasteiger partial charge in [0.15, 0.2) is 0 Å². The van der Waals surface area contributed by atoms with Gasteiger partial charge >= 0.3 is 6.09 Å². The molecular weight excluding hydrogens is 1000 g/mol. The summed E-state index contributed by atoms with van der Waals surface area (Å²) >= 11 is 0. The van der Waals surface area contributed by atoms with Crippen LogP contribution in [-0.2, 0) is 33.3 Å². The summed E-state index contributed by atoms with van der Waals surface area (Å²) in [6, 6.07) is 4.17. The van der Waals surface area contributed by atoms with Crippen molar-refractivity contribution in [3.8, 4) is 0 Å². The van der Waals surface area contributed by atoms with E-state index in [1.165, 1.54) is 16.7 Å². The van der Waals surface area contributed by atoms with Crippen molar-refractivity contribution in [2.75, 3.05) is 86.0 Å². The first-order chi connectivity index (χ1) is 37.0. The average Bonchev–Trinajstić information content (AvgIpc) is 4.30.